The molecular weight excluding hydrogens is 336 g/mol. The van der Waals surface area contributed by atoms with Gasteiger partial charge in [-0.2, -0.15) is 0 Å². The number of nitrogens with one attached hydrogen (secondary N) is 2. The summed E-state index contributed by atoms with van der Waals surface area (Å²) in [6.45, 7) is 2.34. The van der Waals surface area contributed by atoms with E-state index in [9.17, 15) is 8.78 Å². The van der Waals surface area contributed by atoms with Crippen molar-refractivity contribution in [2.75, 3.05) is 18.6 Å². The second kappa shape index (κ2) is 7.25. The van der Waals surface area contributed by atoms with E-state index in [-0.39, 0.29) is 0 Å². The Balaban J connectivity index is 2.01. The Morgan fingerprint density at radius 3 is 2.73 bits per heavy atom. The molecule has 2 aliphatic rings. The molecule has 0 amide bonds. The quantitative estimate of drug-likeness (QED) is 0.713. The fourth-order valence-electron chi connectivity index (χ4n) is 3.22. The highest BCUT2D eigenvalue weighted by molar-refractivity contribution is 6.09. The summed E-state index contributed by atoms with van der Waals surface area (Å²) in [4.78, 5) is 2.16. The zero-order valence-corrected chi connectivity index (χ0v) is 15.6. The van der Waals surface area contributed by atoms with E-state index < -0.39 is 12.5 Å². The maximum Gasteiger partial charge on any atom is 0.278 e. The van der Waals surface area contributed by atoms with Crippen LogP contribution in [-0.2, 0) is 6.42 Å². The molecule has 0 bridgehead atoms. The Kier molecular flexibility index (Phi) is 5.21. The van der Waals surface area contributed by atoms with Crippen LogP contribution in [0.15, 0.2) is 18.3 Å². The summed E-state index contributed by atoms with van der Waals surface area (Å²) in [6, 6.07) is 4.73. The van der Waals surface area contributed by atoms with E-state index in [1.807, 2.05) is 19.2 Å². The van der Waals surface area contributed by atoms with Gasteiger partial charge in [-0.3, -0.25) is 0 Å². The SMILES string of the molecule is CC1CCc2c(ccc(/C(C=N)=C/NC3CC3)c2OCC(C)(F)F)N1C. The third kappa shape index (κ3) is 4.17. The average molecular weight is 363 g/mol. The van der Waals surface area contributed by atoms with E-state index in [4.69, 9.17) is 10.1 Å². The molecular formula is C20H27F2N3O. The topological polar surface area (TPSA) is 48.4 Å². The summed E-state index contributed by atoms with van der Waals surface area (Å²) in [5.74, 6) is -2.43. The van der Waals surface area contributed by atoms with Crippen molar-refractivity contribution in [3.63, 3.8) is 0 Å². The van der Waals surface area contributed by atoms with Crippen molar-refractivity contribution in [3.05, 3.63) is 29.5 Å². The van der Waals surface area contributed by atoms with E-state index in [0.29, 0.717) is 29.0 Å². The summed E-state index contributed by atoms with van der Waals surface area (Å²) < 4.78 is 32.5. The Hall–Kier alpha value is -2.11. The normalized spacial score (nSPS) is 20.6. The first-order chi connectivity index (χ1) is 12.3. The first kappa shape index (κ1) is 18.7. The highest BCUT2D eigenvalue weighted by Gasteiger charge is 2.29. The van der Waals surface area contributed by atoms with Crippen molar-refractivity contribution in [1.82, 2.24) is 5.32 Å². The zero-order chi connectivity index (χ0) is 18.9. The van der Waals surface area contributed by atoms with Crippen molar-refractivity contribution in [1.29, 1.82) is 5.41 Å². The van der Waals surface area contributed by atoms with Crippen molar-refractivity contribution < 1.29 is 13.5 Å². The third-order valence-corrected chi connectivity index (χ3v) is 5.08. The van der Waals surface area contributed by atoms with Crippen molar-refractivity contribution in [2.24, 2.45) is 0 Å². The van der Waals surface area contributed by atoms with Gasteiger partial charge in [-0.15, -0.1) is 0 Å². The smallest absolute Gasteiger partial charge is 0.278 e. The fourth-order valence-corrected chi connectivity index (χ4v) is 3.22. The van der Waals surface area contributed by atoms with Crippen molar-refractivity contribution >= 4 is 17.5 Å². The number of ether oxygens (including phenoxy) is 1. The number of benzene rings is 1. The van der Waals surface area contributed by atoms with E-state index in [1.54, 1.807) is 6.20 Å². The molecule has 142 valence electrons. The number of rotatable bonds is 7. The zero-order valence-electron chi connectivity index (χ0n) is 15.6. The van der Waals surface area contributed by atoms with Gasteiger partial charge in [-0.25, -0.2) is 8.78 Å². The van der Waals surface area contributed by atoms with Crippen LogP contribution >= 0.6 is 0 Å². The number of allylic oxidation sites excluding steroid dienone is 1. The minimum atomic E-state index is -2.91. The summed E-state index contributed by atoms with van der Waals surface area (Å²) >= 11 is 0. The lowest BCUT2D eigenvalue weighted by Crippen LogP contribution is -2.34. The van der Waals surface area contributed by atoms with Gasteiger partial charge in [0.15, 0.2) is 6.61 Å². The molecule has 1 aromatic rings. The standard InChI is InChI=1S/C20H27F2N3O/c1-13-4-7-17-18(25(13)3)9-8-16(19(17)26-12-20(2,21)22)14(10-23)11-24-15-5-6-15/h8-11,13,15,23-24H,4-7,12H2,1-3H3/b14-11+,23-10?. The van der Waals surface area contributed by atoms with Crippen LogP contribution in [0.4, 0.5) is 14.5 Å². The largest absolute Gasteiger partial charge is 0.486 e. The molecule has 1 aromatic carbocycles. The second-order valence-electron chi connectivity index (χ2n) is 7.48. The number of fused-ring (bicyclic) bond motifs is 1. The van der Waals surface area contributed by atoms with Gasteiger partial charge in [-0.1, -0.05) is 0 Å². The number of anilines is 1. The Morgan fingerprint density at radius 2 is 2.12 bits per heavy atom. The molecule has 0 spiro atoms. The first-order valence-corrected chi connectivity index (χ1v) is 9.16. The Morgan fingerprint density at radius 1 is 1.38 bits per heavy atom. The number of alkyl halides is 2. The number of halogens is 2. The lowest BCUT2D eigenvalue weighted by atomic mass is 9.92. The molecule has 26 heavy (non-hydrogen) atoms. The molecule has 0 aromatic heterocycles. The third-order valence-electron chi connectivity index (χ3n) is 5.08. The number of hydrogen-bond acceptors (Lipinski definition) is 4. The van der Waals surface area contributed by atoms with Gasteiger partial charge in [0.25, 0.3) is 5.92 Å². The van der Waals surface area contributed by atoms with Crippen molar-refractivity contribution in [2.45, 2.75) is 57.5 Å². The van der Waals surface area contributed by atoms with E-state index in [0.717, 1.165) is 43.9 Å². The highest BCUT2D eigenvalue weighted by Crippen LogP contribution is 2.41. The van der Waals surface area contributed by atoms with Crippen LogP contribution in [0.1, 0.15) is 44.2 Å². The van der Waals surface area contributed by atoms with Crippen LogP contribution in [0, 0.1) is 5.41 Å². The molecule has 1 saturated carbocycles. The van der Waals surface area contributed by atoms with Gasteiger partial charge in [0.1, 0.15) is 5.75 Å². The number of nitrogens with zero attached hydrogens (tertiary/aromatic N) is 1. The van der Waals surface area contributed by atoms with Gasteiger partial charge in [0.05, 0.1) is 0 Å². The molecule has 1 fully saturated rings. The lowest BCUT2D eigenvalue weighted by molar-refractivity contribution is -0.0232. The van der Waals surface area contributed by atoms with E-state index in [1.165, 1.54) is 6.21 Å². The molecule has 1 unspecified atom stereocenters. The Bertz CT molecular complexity index is 708. The molecule has 4 nitrogen and oxygen atoms in total. The molecule has 1 heterocycles. The van der Waals surface area contributed by atoms with Gasteiger partial charge in [-0.05, 0) is 44.7 Å². The number of hydrogen-bond donors (Lipinski definition) is 2. The predicted octanol–water partition coefficient (Wildman–Crippen LogP) is 4.23. The van der Waals surface area contributed by atoms with Crippen molar-refractivity contribution in [3.8, 4) is 5.75 Å². The summed E-state index contributed by atoms with van der Waals surface area (Å²) in [6.07, 6.45) is 7.03. The molecule has 3 rings (SSSR count). The van der Waals surface area contributed by atoms with Crippen LogP contribution in [0.5, 0.6) is 5.75 Å². The minimum absolute atomic E-state index is 0.392. The van der Waals surface area contributed by atoms with Crippen LogP contribution in [0.25, 0.3) is 5.57 Å². The molecule has 6 heteroatoms. The molecule has 2 N–H and O–H groups in total. The van der Waals surface area contributed by atoms with Crippen LogP contribution in [0.2, 0.25) is 0 Å². The van der Waals surface area contributed by atoms with Crippen LogP contribution in [-0.4, -0.2) is 37.9 Å². The van der Waals surface area contributed by atoms with Gasteiger partial charge in [0.2, 0.25) is 0 Å². The van der Waals surface area contributed by atoms with Gasteiger partial charge >= 0.3 is 0 Å². The monoisotopic (exact) mass is 363 g/mol. The van der Waals surface area contributed by atoms with Gasteiger partial charge in [0, 0.05) is 60.9 Å². The molecule has 0 saturated heterocycles. The maximum atomic E-state index is 13.4. The predicted molar refractivity (Wildman–Crippen MR) is 102 cm³/mol. The molecule has 1 aliphatic heterocycles. The second-order valence-corrected chi connectivity index (χ2v) is 7.48. The summed E-state index contributed by atoms with van der Waals surface area (Å²) in [5.41, 5.74) is 3.31. The molecule has 1 atom stereocenters. The van der Waals surface area contributed by atoms with Gasteiger partial charge < -0.3 is 20.4 Å². The van der Waals surface area contributed by atoms with Crippen LogP contribution < -0.4 is 15.0 Å². The summed E-state index contributed by atoms with van der Waals surface area (Å²) in [7, 11) is 2.02. The van der Waals surface area contributed by atoms with E-state index in [2.05, 4.69) is 17.1 Å². The van der Waals surface area contributed by atoms with E-state index >= 15 is 0 Å². The lowest BCUT2D eigenvalue weighted by Gasteiger charge is -2.35. The first-order valence-electron chi connectivity index (χ1n) is 9.16. The highest BCUT2D eigenvalue weighted by atomic mass is 19.3. The molecule has 0 radical (unpaired) electrons. The minimum Gasteiger partial charge on any atom is -0.486 e. The molecule has 1 aliphatic carbocycles. The maximum absolute atomic E-state index is 13.4. The van der Waals surface area contributed by atoms with Crippen LogP contribution in [0.3, 0.4) is 0 Å². The average Bonchev–Trinajstić information content (AvgIpc) is 3.40. The Labute approximate surface area is 153 Å². The fraction of sp³-hybridized carbons (Fsp3) is 0.550. The summed E-state index contributed by atoms with van der Waals surface area (Å²) in [5, 5.41) is 11.1.